The van der Waals surface area contributed by atoms with E-state index in [1.165, 1.54) is 0 Å². The van der Waals surface area contributed by atoms with E-state index in [1.54, 1.807) is 50.1 Å². The van der Waals surface area contributed by atoms with Gasteiger partial charge >= 0.3 is 19.8 Å². The molecule has 0 bridgehead atoms. The Labute approximate surface area is 266 Å². The van der Waals surface area contributed by atoms with Gasteiger partial charge in [-0.25, -0.2) is 4.57 Å². The number of ether oxygens (including phenoxy) is 4. The maximum absolute atomic E-state index is 12.3. The molecule has 2 heterocycles. The first kappa shape index (κ1) is 37.3. The summed E-state index contributed by atoms with van der Waals surface area (Å²) < 4.78 is 42.8. The molecule has 19 heteroatoms. The van der Waals surface area contributed by atoms with E-state index < -0.39 is 45.4 Å². The number of carbonyl (C=O) groups excluding carboxylic acids is 1. The van der Waals surface area contributed by atoms with Gasteiger partial charge in [-0.3, -0.25) is 19.2 Å². The quantitative estimate of drug-likeness (QED) is 0.0414. The van der Waals surface area contributed by atoms with Crippen molar-refractivity contribution >= 4 is 31.1 Å². The summed E-state index contributed by atoms with van der Waals surface area (Å²) in [7, 11) is -3.00. The molecule has 5 unspecified atom stereocenters. The lowest BCUT2D eigenvalue weighted by Gasteiger charge is -2.22. The van der Waals surface area contributed by atoms with Gasteiger partial charge in [0.2, 0.25) is 6.35 Å². The zero-order valence-electron chi connectivity index (χ0n) is 25.9. The van der Waals surface area contributed by atoms with Crippen molar-refractivity contribution in [3.05, 3.63) is 35.4 Å². The van der Waals surface area contributed by atoms with Gasteiger partial charge in [0.1, 0.15) is 24.6 Å². The third-order valence-corrected chi connectivity index (χ3v) is 7.42. The fourth-order valence-corrected chi connectivity index (χ4v) is 4.72. The zero-order chi connectivity index (χ0) is 33.7. The molecule has 1 aliphatic heterocycles. The number of esters is 1. The number of benzene rings is 1. The minimum absolute atomic E-state index is 0.0186. The molecule has 258 valence electrons. The number of hydrogen-bond acceptors (Lipinski definition) is 17. The molecule has 0 spiro atoms. The lowest BCUT2D eigenvalue weighted by atomic mass is 10.1. The van der Waals surface area contributed by atoms with Crippen LogP contribution < -0.4 is 26.0 Å². The number of aromatic nitrogens is 2. The van der Waals surface area contributed by atoms with Crippen molar-refractivity contribution in [2.24, 2.45) is 0 Å². The van der Waals surface area contributed by atoms with E-state index in [-0.39, 0.29) is 51.2 Å². The van der Waals surface area contributed by atoms with Crippen molar-refractivity contribution in [1.29, 1.82) is 0 Å². The topological polar surface area (TPSA) is 250 Å². The van der Waals surface area contributed by atoms with Crippen molar-refractivity contribution < 1.29 is 57.6 Å². The van der Waals surface area contributed by atoms with Crippen LogP contribution in [-0.4, -0.2) is 102 Å². The van der Waals surface area contributed by atoms with Crippen molar-refractivity contribution in [2.75, 3.05) is 62.6 Å². The largest absolute Gasteiger partial charge is 0.472 e. The highest BCUT2D eigenvalue weighted by Crippen LogP contribution is 2.43. The molecule has 18 nitrogen and oxygen atoms in total. The van der Waals surface area contributed by atoms with Gasteiger partial charge in [-0.15, -0.1) is 0 Å². The molecule has 0 saturated carbocycles. The molecule has 3 rings (SSSR count). The SMILES string of the molecule is CCC(=O)OC(COC(O)CC)COP(=O)(O)OCCNC(O)c1ccc(CN2c3nc(OCCOC)nc(N)c3NC2O)cc1. The second-order valence-corrected chi connectivity index (χ2v) is 11.4. The molecule has 0 saturated heterocycles. The molecule has 1 aromatic carbocycles. The van der Waals surface area contributed by atoms with Crippen LogP contribution in [0.25, 0.3) is 0 Å². The first-order valence-electron chi connectivity index (χ1n) is 14.6. The maximum Gasteiger partial charge on any atom is 0.472 e. The minimum Gasteiger partial charge on any atom is -0.461 e. The van der Waals surface area contributed by atoms with E-state index in [0.717, 1.165) is 5.56 Å². The standard InChI is InChI=1S/C27H43N6O12P/c1-4-20(34)42-15-19(45-21(35)5-2)16-44-46(38,39)43-11-10-29-25(36)18-8-6-17(7-9-18)14-33-24-22(30-27(33)37)23(28)31-26(32-24)41-13-12-40-3/h6-9,19-20,25,27,29-30,34,36-37H,4-5,10-16H2,1-3H3,(H,38,39)(H2,28,31,32). The van der Waals surface area contributed by atoms with Crippen LogP contribution in [0.5, 0.6) is 6.01 Å². The average molecular weight is 675 g/mol. The molecule has 0 radical (unpaired) electrons. The van der Waals surface area contributed by atoms with E-state index in [0.29, 0.717) is 30.1 Å². The van der Waals surface area contributed by atoms with E-state index in [1.807, 2.05) is 0 Å². The Hall–Kier alpha value is -3.16. The number of phosphoric acid groups is 1. The molecule has 0 aliphatic carbocycles. The summed E-state index contributed by atoms with van der Waals surface area (Å²) >= 11 is 0. The Morgan fingerprint density at radius 2 is 1.87 bits per heavy atom. The summed E-state index contributed by atoms with van der Waals surface area (Å²) in [6, 6.07) is 6.90. The van der Waals surface area contributed by atoms with Crippen LogP contribution in [-0.2, 0) is 39.2 Å². The predicted molar refractivity (Wildman–Crippen MR) is 163 cm³/mol. The lowest BCUT2D eigenvalue weighted by molar-refractivity contribution is -0.165. The molecule has 2 aromatic rings. The first-order chi connectivity index (χ1) is 22.0. The van der Waals surface area contributed by atoms with Crippen molar-refractivity contribution in [2.45, 2.75) is 58.2 Å². The van der Waals surface area contributed by atoms with Gasteiger partial charge in [0.15, 0.2) is 17.9 Å². The third-order valence-electron chi connectivity index (χ3n) is 6.43. The molecular formula is C27H43N6O12P. The normalized spacial score (nSPS) is 17.5. The Balaban J connectivity index is 1.47. The third kappa shape index (κ3) is 11.6. The van der Waals surface area contributed by atoms with Crippen molar-refractivity contribution in [1.82, 2.24) is 15.3 Å². The van der Waals surface area contributed by atoms with Gasteiger partial charge in [0.05, 0.1) is 26.4 Å². The highest BCUT2D eigenvalue weighted by Gasteiger charge is 2.32. The Morgan fingerprint density at radius 1 is 1.13 bits per heavy atom. The maximum atomic E-state index is 12.3. The predicted octanol–water partition coefficient (Wildman–Crippen LogP) is 0.573. The first-order valence-corrected chi connectivity index (χ1v) is 16.1. The molecule has 5 atom stereocenters. The molecule has 46 heavy (non-hydrogen) atoms. The number of rotatable bonds is 21. The van der Waals surface area contributed by atoms with E-state index in [9.17, 15) is 29.6 Å². The number of hydrogen-bond donors (Lipinski definition) is 7. The second kappa shape index (κ2) is 18.2. The van der Waals surface area contributed by atoms with Crippen LogP contribution in [0.15, 0.2) is 24.3 Å². The summed E-state index contributed by atoms with van der Waals surface area (Å²) in [5, 5.41) is 36.3. The van der Waals surface area contributed by atoms with Gasteiger partial charge in [0.25, 0.3) is 0 Å². The fraction of sp³-hybridized carbons (Fsp3) is 0.593. The van der Waals surface area contributed by atoms with Crippen LogP contribution in [0.2, 0.25) is 0 Å². The fourth-order valence-electron chi connectivity index (χ4n) is 3.97. The number of phosphoric ester groups is 1. The molecular weight excluding hydrogens is 631 g/mol. The van der Waals surface area contributed by atoms with Gasteiger partial charge < -0.3 is 55.1 Å². The number of nitrogens with one attached hydrogen (secondary N) is 2. The minimum atomic E-state index is -4.54. The van der Waals surface area contributed by atoms with Crippen LogP contribution >= 0.6 is 7.82 Å². The van der Waals surface area contributed by atoms with E-state index in [2.05, 4.69) is 20.6 Å². The number of aliphatic hydroxyl groups is 3. The van der Waals surface area contributed by atoms with Gasteiger partial charge in [-0.05, 0) is 17.5 Å². The van der Waals surface area contributed by atoms with Gasteiger partial charge in [0, 0.05) is 26.6 Å². The summed E-state index contributed by atoms with van der Waals surface area (Å²) in [5.41, 5.74) is 7.68. The molecule has 0 fully saturated rings. The van der Waals surface area contributed by atoms with E-state index >= 15 is 0 Å². The van der Waals surface area contributed by atoms with E-state index in [4.69, 9.17) is 33.7 Å². The number of nitrogen functional groups attached to an aromatic ring is 1. The number of anilines is 3. The van der Waals surface area contributed by atoms with Gasteiger partial charge in [-0.1, -0.05) is 38.1 Å². The zero-order valence-corrected chi connectivity index (χ0v) is 26.8. The number of methoxy groups -OCH3 is 1. The lowest BCUT2D eigenvalue weighted by Crippen LogP contribution is -2.35. The van der Waals surface area contributed by atoms with Crippen LogP contribution in [0.3, 0.4) is 0 Å². The number of fused-ring (bicyclic) bond motifs is 1. The highest BCUT2D eigenvalue weighted by atomic mass is 31.2. The summed E-state index contributed by atoms with van der Waals surface area (Å²) in [6.45, 7) is 3.01. The Kier molecular flexibility index (Phi) is 14.8. The molecule has 0 amide bonds. The Bertz CT molecular complexity index is 1290. The number of carbonyl (C=O) groups is 1. The summed E-state index contributed by atoms with van der Waals surface area (Å²) in [5.74, 6) is -0.0857. The van der Waals surface area contributed by atoms with Gasteiger partial charge in [-0.2, -0.15) is 9.97 Å². The Morgan fingerprint density at radius 3 is 2.54 bits per heavy atom. The molecule has 8 N–H and O–H groups in total. The highest BCUT2D eigenvalue weighted by molar-refractivity contribution is 7.47. The number of nitrogens with zero attached hydrogens (tertiary/aromatic N) is 3. The second-order valence-electron chi connectivity index (χ2n) is 9.93. The average Bonchev–Trinajstić information content (AvgIpc) is 3.35. The van der Waals surface area contributed by atoms with Crippen molar-refractivity contribution in [3.8, 4) is 6.01 Å². The summed E-state index contributed by atoms with van der Waals surface area (Å²) in [6.07, 6.45) is -3.99. The molecule has 1 aliphatic rings. The van der Waals surface area contributed by atoms with Crippen LogP contribution in [0.4, 0.5) is 17.3 Å². The van der Waals surface area contributed by atoms with Crippen LogP contribution in [0.1, 0.15) is 44.0 Å². The number of nitrogens with two attached hydrogens (primary N) is 1. The summed E-state index contributed by atoms with van der Waals surface area (Å²) in [4.78, 5) is 31.7. The van der Waals surface area contributed by atoms with Crippen molar-refractivity contribution in [3.63, 3.8) is 0 Å². The monoisotopic (exact) mass is 674 g/mol. The molecule has 1 aromatic heterocycles. The number of aliphatic hydroxyl groups excluding tert-OH is 3. The van der Waals surface area contributed by atoms with Crippen LogP contribution in [0, 0.1) is 0 Å². The smallest absolute Gasteiger partial charge is 0.461 e.